The highest BCUT2D eigenvalue weighted by molar-refractivity contribution is 7.99. The molecular formula is C48H82N2O3S. The van der Waals surface area contributed by atoms with Crippen LogP contribution in [0.2, 0.25) is 0 Å². The predicted octanol–water partition coefficient (Wildman–Crippen LogP) is 12.7. The van der Waals surface area contributed by atoms with Crippen LogP contribution in [0.25, 0.3) is 0 Å². The van der Waals surface area contributed by atoms with Crippen LogP contribution in [0.3, 0.4) is 0 Å². The second-order valence-corrected chi connectivity index (χ2v) is 19.9. The number of carbonyl (C=O) groups is 2. The Kier molecular flexibility index (Phi) is 19.8. The lowest BCUT2D eigenvalue weighted by atomic mass is 9.87. The Labute approximate surface area is 337 Å². The monoisotopic (exact) mass is 767 g/mol. The number of rotatable bonds is 26. The van der Waals surface area contributed by atoms with Crippen LogP contribution in [-0.2, 0) is 16.0 Å². The van der Waals surface area contributed by atoms with Crippen LogP contribution in [0.5, 0.6) is 5.75 Å². The molecule has 4 rings (SSSR count). The first kappa shape index (κ1) is 45.2. The van der Waals surface area contributed by atoms with Gasteiger partial charge in [0.05, 0.1) is 6.42 Å². The van der Waals surface area contributed by atoms with Crippen LogP contribution in [0.15, 0.2) is 0 Å². The summed E-state index contributed by atoms with van der Waals surface area (Å²) in [5.41, 5.74) is 5.90. The molecule has 1 aromatic rings. The Morgan fingerprint density at radius 2 is 1.48 bits per heavy atom. The quantitative estimate of drug-likeness (QED) is 0.0576. The first-order valence-electron chi connectivity index (χ1n) is 22.9. The van der Waals surface area contributed by atoms with E-state index in [-0.39, 0.29) is 24.1 Å². The number of benzene rings is 1. The normalized spacial score (nSPS) is 21.5. The van der Waals surface area contributed by atoms with Crippen molar-refractivity contribution in [2.75, 3.05) is 36.5 Å². The van der Waals surface area contributed by atoms with E-state index in [2.05, 4.69) is 77.4 Å². The number of nitrogens with zero attached hydrogens (tertiary/aromatic N) is 1. The Morgan fingerprint density at radius 3 is 2.17 bits per heavy atom. The minimum atomic E-state index is -0.266. The molecule has 0 amide bonds. The summed E-state index contributed by atoms with van der Waals surface area (Å²) in [6.07, 6.45) is 23.4. The van der Waals surface area contributed by atoms with Gasteiger partial charge < -0.3 is 15.0 Å². The van der Waals surface area contributed by atoms with Crippen LogP contribution in [0.1, 0.15) is 179 Å². The second kappa shape index (κ2) is 23.6. The largest absolute Gasteiger partial charge is 0.426 e. The lowest BCUT2D eigenvalue weighted by Crippen LogP contribution is -2.34. The van der Waals surface area contributed by atoms with Crippen molar-refractivity contribution in [3.05, 3.63) is 22.3 Å². The first-order valence-corrected chi connectivity index (χ1v) is 24.0. The average molecular weight is 767 g/mol. The molecule has 0 aromatic heterocycles. The van der Waals surface area contributed by atoms with Gasteiger partial charge in [0.1, 0.15) is 11.5 Å². The number of hydrogen-bond donors (Lipinski definition) is 1. The van der Waals surface area contributed by atoms with E-state index in [0.29, 0.717) is 18.4 Å². The van der Waals surface area contributed by atoms with Crippen molar-refractivity contribution in [3.63, 3.8) is 0 Å². The molecule has 5 atom stereocenters. The molecule has 6 heteroatoms. The van der Waals surface area contributed by atoms with Crippen molar-refractivity contribution in [1.29, 1.82) is 0 Å². The number of fused-ring (bicyclic) bond motifs is 1. The smallest absolute Gasteiger partial charge is 0.311 e. The third kappa shape index (κ3) is 15.1. The fraction of sp³-hybridized carbons (Fsp3) is 0.833. The standard InChI is InChI=1S/C48H82N2O3S/c1-9-31-54-32-13-28-50-29-26-40(27-30-50)20-21-41-33-44(41)45(51)24-25-46(52)53-48-38(7)37(6)47-43(39(48)8)23-22-42(49-47)19-12-18-36(5)17-11-16-35(4)15-10-14-34(2)3/h34-36,40-42,44,49H,9-33H2,1-8H3. The molecular weight excluding hydrogens is 685 g/mol. The lowest BCUT2D eigenvalue weighted by molar-refractivity contribution is -0.136. The van der Waals surface area contributed by atoms with Gasteiger partial charge in [-0.25, -0.2) is 0 Å². The Morgan fingerprint density at radius 1 is 0.796 bits per heavy atom. The summed E-state index contributed by atoms with van der Waals surface area (Å²) in [6.45, 7) is 21.9. The zero-order valence-corrected chi connectivity index (χ0v) is 37.1. The number of thioether (sulfide) groups is 1. The number of likely N-dealkylation sites (tertiary alicyclic amines) is 1. The molecule has 2 aliphatic heterocycles. The van der Waals surface area contributed by atoms with Crippen molar-refractivity contribution < 1.29 is 14.3 Å². The van der Waals surface area contributed by atoms with Gasteiger partial charge in [-0.15, -0.1) is 0 Å². The molecule has 54 heavy (non-hydrogen) atoms. The van der Waals surface area contributed by atoms with Crippen LogP contribution in [-0.4, -0.2) is 53.8 Å². The fourth-order valence-corrected chi connectivity index (χ4v) is 10.3. The molecule has 1 N–H and O–H groups in total. The number of ether oxygens (including phenoxy) is 1. The molecule has 1 aromatic carbocycles. The van der Waals surface area contributed by atoms with Crippen LogP contribution >= 0.6 is 11.8 Å². The number of carbonyl (C=O) groups excluding carboxylic acids is 2. The van der Waals surface area contributed by atoms with Crippen LogP contribution < -0.4 is 10.1 Å². The zero-order valence-electron chi connectivity index (χ0n) is 36.3. The molecule has 1 saturated carbocycles. The number of esters is 1. The highest BCUT2D eigenvalue weighted by atomic mass is 32.2. The minimum absolute atomic E-state index is 0.174. The maximum absolute atomic E-state index is 13.1. The number of piperidine rings is 1. The topological polar surface area (TPSA) is 58.6 Å². The van der Waals surface area contributed by atoms with Crippen molar-refractivity contribution >= 4 is 29.2 Å². The first-order chi connectivity index (χ1) is 26.0. The van der Waals surface area contributed by atoms with E-state index in [1.165, 1.54) is 144 Å². The molecule has 5 unspecified atom stereocenters. The Balaban J connectivity index is 1.11. The summed E-state index contributed by atoms with van der Waals surface area (Å²) in [7, 11) is 0. The highest BCUT2D eigenvalue weighted by Crippen LogP contribution is 2.45. The zero-order chi connectivity index (χ0) is 39.0. The van der Waals surface area contributed by atoms with E-state index in [1.54, 1.807) is 0 Å². The molecule has 1 saturated heterocycles. The van der Waals surface area contributed by atoms with E-state index >= 15 is 0 Å². The van der Waals surface area contributed by atoms with E-state index < -0.39 is 0 Å². The molecule has 3 aliphatic rings. The number of ketones is 1. The average Bonchev–Trinajstić information content (AvgIpc) is 3.94. The van der Waals surface area contributed by atoms with Crippen molar-refractivity contribution in [2.24, 2.45) is 35.5 Å². The van der Waals surface area contributed by atoms with Gasteiger partial charge in [-0.05, 0) is 162 Å². The summed E-state index contributed by atoms with van der Waals surface area (Å²) in [4.78, 5) is 28.8. The van der Waals surface area contributed by atoms with E-state index in [9.17, 15) is 9.59 Å². The molecule has 0 bridgehead atoms. The van der Waals surface area contributed by atoms with Crippen LogP contribution in [0.4, 0.5) is 5.69 Å². The molecule has 308 valence electrons. The van der Waals surface area contributed by atoms with Gasteiger partial charge >= 0.3 is 5.97 Å². The lowest BCUT2D eigenvalue weighted by Gasteiger charge is -2.32. The summed E-state index contributed by atoms with van der Waals surface area (Å²) in [5.74, 6) is 7.36. The highest BCUT2D eigenvalue weighted by Gasteiger charge is 2.42. The predicted molar refractivity (Wildman–Crippen MR) is 233 cm³/mol. The summed E-state index contributed by atoms with van der Waals surface area (Å²) >= 11 is 2.10. The van der Waals surface area contributed by atoms with Gasteiger partial charge in [0.2, 0.25) is 0 Å². The summed E-state index contributed by atoms with van der Waals surface area (Å²) in [5, 5.41) is 3.91. The van der Waals surface area contributed by atoms with Crippen LogP contribution in [0, 0.1) is 56.3 Å². The summed E-state index contributed by atoms with van der Waals surface area (Å²) in [6, 6.07) is 0.510. The van der Waals surface area contributed by atoms with Gasteiger partial charge in [-0.3, -0.25) is 9.59 Å². The molecule has 2 heterocycles. The van der Waals surface area contributed by atoms with Crippen molar-refractivity contribution in [2.45, 2.75) is 190 Å². The van der Waals surface area contributed by atoms with Crippen molar-refractivity contribution in [3.8, 4) is 5.75 Å². The van der Waals surface area contributed by atoms with E-state index in [4.69, 9.17) is 4.74 Å². The van der Waals surface area contributed by atoms with Gasteiger partial charge in [-0.1, -0.05) is 92.4 Å². The number of anilines is 1. The third-order valence-electron chi connectivity index (χ3n) is 13.5. The maximum Gasteiger partial charge on any atom is 0.311 e. The maximum atomic E-state index is 13.1. The third-order valence-corrected chi connectivity index (χ3v) is 14.8. The van der Waals surface area contributed by atoms with E-state index in [0.717, 1.165) is 59.8 Å². The Bertz CT molecular complexity index is 1290. The fourth-order valence-electron chi connectivity index (χ4n) is 9.47. The molecule has 0 spiro atoms. The van der Waals surface area contributed by atoms with E-state index in [1.807, 2.05) is 0 Å². The minimum Gasteiger partial charge on any atom is -0.426 e. The Hall–Kier alpha value is -1.53. The number of hydrogen-bond acceptors (Lipinski definition) is 6. The van der Waals surface area contributed by atoms with Gasteiger partial charge in [0, 0.05) is 24.1 Å². The molecule has 1 aliphatic carbocycles. The second-order valence-electron chi connectivity index (χ2n) is 18.7. The molecule has 2 fully saturated rings. The van der Waals surface area contributed by atoms with Gasteiger partial charge in [0.25, 0.3) is 0 Å². The SMILES string of the molecule is CCCSCCCN1CCC(CCC2CC2C(=O)CCC(=O)Oc2c(C)c(C)c3c(c2C)CCC(CCCC(C)CCCC(C)CCCC(C)C)N3)CC1. The number of nitrogens with one attached hydrogen (secondary N) is 1. The number of Topliss-reactive ketones (excluding diaryl/α,β-unsaturated/α-hetero) is 1. The molecule has 0 radical (unpaired) electrons. The molecule has 5 nitrogen and oxygen atoms in total. The van der Waals surface area contributed by atoms with Gasteiger partial charge in [-0.2, -0.15) is 11.8 Å². The van der Waals surface area contributed by atoms with Crippen molar-refractivity contribution in [1.82, 2.24) is 4.90 Å². The summed E-state index contributed by atoms with van der Waals surface area (Å²) < 4.78 is 6.05. The van der Waals surface area contributed by atoms with Gasteiger partial charge in [0.15, 0.2) is 0 Å².